The molecule has 1 aliphatic rings. The first-order chi connectivity index (χ1) is 13.0. The van der Waals surface area contributed by atoms with Gasteiger partial charge in [0.05, 0.1) is 6.54 Å². The second-order valence-corrected chi connectivity index (χ2v) is 6.25. The third-order valence-corrected chi connectivity index (χ3v) is 4.18. The van der Waals surface area contributed by atoms with Crippen LogP contribution in [0, 0.1) is 12.7 Å². The first-order valence-corrected chi connectivity index (χ1v) is 8.62. The number of aromatic nitrogens is 1. The van der Waals surface area contributed by atoms with Gasteiger partial charge in [0.25, 0.3) is 5.91 Å². The molecule has 0 saturated carbocycles. The predicted octanol–water partition coefficient (Wildman–Crippen LogP) is 1.28. The van der Waals surface area contributed by atoms with Gasteiger partial charge in [-0.2, -0.15) is 0 Å². The van der Waals surface area contributed by atoms with Crippen LogP contribution in [0.25, 0.3) is 0 Å². The number of carbonyl (C=O) groups excluding carboxylic acids is 2. The maximum absolute atomic E-state index is 13.5. The molecule has 1 N–H and O–H groups in total. The maximum atomic E-state index is 13.5. The summed E-state index contributed by atoms with van der Waals surface area (Å²) in [6.07, 6.45) is 0. The summed E-state index contributed by atoms with van der Waals surface area (Å²) in [5.41, 5.74) is 0. The van der Waals surface area contributed by atoms with Crippen molar-refractivity contribution in [3.63, 3.8) is 0 Å². The molecular formula is C18H21FN4O4. The van der Waals surface area contributed by atoms with E-state index in [-0.39, 0.29) is 30.7 Å². The zero-order valence-corrected chi connectivity index (χ0v) is 15.0. The molecule has 3 rings (SSSR count). The fourth-order valence-electron chi connectivity index (χ4n) is 2.76. The fourth-order valence-corrected chi connectivity index (χ4v) is 2.76. The Kier molecular flexibility index (Phi) is 6.02. The molecule has 0 bridgehead atoms. The number of aryl methyl sites for hydroxylation is 1. The summed E-state index contributed by atoms with van der Waals surface area (Å²) in [4.78, 5) is 27.8. The molecule has 2 amide bonds. The van der Waals surface area contributed by atoms with Gasteiger partial charge in [0.2, 0.25) is 5.91 Å². The fraction of sp³-hybridized carbons (Fsp3) is 0.389. The Morgan fingerprint density at radius 2 is 2.00 bits per heavy atom. The van der Waals surface area contributed by atoms with Crippen molar-refractivity contribution < 1.29 is 23.2 Å². The quantitative estimate of drug-likeness (QED) is 0.817. The average molecular weight is 376 g/mol. The predicted molar refractivity (Wildman–Crippen MR) is 94.8 cm³/mol. The molecule has 1 fully saturated rings. The van der Waals surface area contributed by atoms with Crippen LogP contribution in [0.1, 0.15) is 5.76 Å². The van der Waals surface area contributed by atoms with E-state index in [9.17, 15) is 14.0 Å². The molecule has 2 aromatic rings. The number of hydrogen-bond donors (Lipinski definition) is 1. The number of halogens is 1. The highest BCUT2D eigenvalue weighted by Crippen LogP contribution is 2.15. The molecule has 1 aliphatic heterocycles. The summed E-state index contributed by atoms with van der Waals surface area (Å²) in [6.45, 7) is 3.83. The molecule has 144 valence electrons. The van der Waals surface area contributed by atoms with Gasteiger partial charge in [-0.05, 0) is 19.1 Å². The van der Waals surface area contributed by atoms with Crippen LogP contribution < -0.4 is 10.1 Å². The summed E-state index contributed by atoms with van der Waals surface area (Å²) in [5.74, 6) is 0.172. The Morgan fingerprint density at radius 1 is 1.26 bits per heavy atom. The first-order valence-electron chi connectivity index (χ1n) is 8.62. The van der Waals surface area contributed by atoms with E-state index in [2.05, 4.69) is 10.5 Å². The third kappa shape index (κ3) is 5.27. The van der Waals surface area contributed by atoms with E-state index in [0.29, 0.717) is 37.8 Å². The summed E-state index contributed by atoms with van der Waals surface area (Å²) >= 11 is 0. The molecule has 1 aromatic heterocycles. The molecule has 0 radical (unpaired) electrons. The van der Waals surface area contributed by atoms with Crippen molar-refractivity contribution in [2.75, 3.05) is 44.6 Å². The second-order valence-electron chi connectivity index (χ2n) is 6.25. The summed E-state index contributed by atoms with van der Waals surface area (Å²) in [6, 6.07) is 7.61. The van der Waals surface area contributed by atoms with Crippen LogP contribution in [-0.2, 0) is 9.59 Å². The average Bonchev–Trinajstić information content (AvgIpc) is 3.06. The van der Waals surface area contributed by atoms with Gasteiger partial charge >= 0.3 is 0 Å². The van der Waals surface area contributed by atoms with Gasteiger partial charge in [-0.25, -0.2) is 4.39 Å². The first kappa shape index (κ1) is 18.8. The van der Waals surface area contributed by atoms with Crippen molar-refractivity contribution in [3.8, 4) is 5.75 Å². The number of carbonyl (C=O) groups is 2. The highest BCUT2D eigenvalue weighted by molar-refractivity contribution is 5.91. The lowest BCUT2D eigenvalue weighted by molar-refractivity contribution is -0.135. The van der Waals surface area contributed by atoms with Crippen LogP contribution in [0.5, 0.6) is 5.75 Å². The number of nitrogens with zero attached hydrogens (tertiary/aromatic N) is 3. The molecule has 1 saturated heterocycles. The van der Waals surface area contributed by atoms with Crippen LogP contribution >= 0.6 is 0 Å². The highest BCUT2D eigenvalue weighted by Gasteiger charge is 2.23. The number of amides is 2. The normalized spacial score (nSPS) is 14.8. The Labute approximate surface area is 155 Å². The van der Waals surface area contributed by atoms with Crippen LogP contribution in [0.15, 0.2) is 34.9 Å². The lowest BCUT2D eigenvalue weighted by Gasteiger charge is -2.34. The number of anilines is 1. The number of rotatable bonds is 6. The second kappa shape index (κ2) is 8.63. The monoisotopic (exact) mass is 376 g/mol. The van der Waals surface area contributed by atoms with Gasteiger partial charge in [0, 0.05) is 32.2 Å². The minimum atomic E-state index is -0.497. The van der Waals surface area contributed by atoms with E-state index in [4.69, 9.17) is 9.26 Å². The largest absolute Gasteiger partial charge is 0.481 e. The third-order valence-electron chi connectivity index (χ3n) is 4.18. The standard InChI is InChI=1S/C18H21FN4O4/c1-13-10-16(21-27-13)20-17(24)11-22-6-8-23(9-7-22)18(25)12-26-15-5-3-2-4-14(15)19/h2-5,10H,6-9,11-12H2,1H3,(H,20,21,24). The minimum Gasteiger partial charge on any atom is -0.481 e. The van der Waals surface area contributed by atoms with Gasteiger partial charge in [-0.15, -0.1) is 0 Å². The Balaban J connectivity index is 1.39. The lowest BCUT2D eigenvalue weighted by atomic mass is 10.3. The highest BCUT2D eigenvalue weighted by atomic mass is 19.1. The maximum Gasteiger partial charge on any atom is 0.260 e. The van der Waals surface area contributed by atoms with Gasteiger partial charge < -0.3 is 19.5 Å². The molecule has 0 unspecified atom stereocenters. The number of ether oxygens (including phenoxy) is 1. The summed E-state index contributed by atoms with van der Waals surface area (Å²) in [5, 5.41) is 6.38. The number of hydrogen-bond acceptors (Lipinski definition) is 6. The van der Waals surface area contributed by atoms with Crippen molar-refractivity contribution in [2.24, 2.45) is 0 Å². The summed E-state index contributed by atoms with van der Waals surface area (Å²) < 4.78 is 23.7. The SMILES string of the molecule is Cc1cc(NC(=O)CN2CCN(C(=O)COc3ccccc3F)CC2)no1. The molecule has 9 heteroatoms. The molecule has 0 aliphatic carbocycles. The van der Waals surface area contributed by atoms with E-state index in [1.807, 2.05) is 4.90 Å². The van der Waals surface area contributed by atoms with Crippen molar-refractivity contribution in [2.45, 2.75) is 6.92 Å². The van der Waals surface area contributed by atoms with Crippen molar-refractivity contribution in [1.29, 1.82) is 0 Å². The van der Waals surface area contributed by atoms with Crippen molar-refractivity contribution in [1.82, 2.24) is 15.0 Å². The van der Waals surface area contributed by atoms with Crippen LogP contribution in [0.3, 0.4) is 0 Å². The minimum absolute atomic E-state index is 0.0595. The van der Waals surface area contributed by atoms with E-state index in [1.165, 1.54) is 12.1 Å². The van der Waals surface area contributed by atoms with Gasteiger partial charge in [-0.1, -0.05) is 17.3 Å². The number of nitrogens with one attached hydrogen (secondary N) is 1. The number of benzene rings is 1. The Bertz CT molecular complexity index is 802. The van der Waals surface area contributed by atoms with Gasteiger partial charge in [0.1, 0.15) is 5.76 Å². The topological polar surface area (TPSA) is 87.9 Å². The zero-order chi connectivity index (χ0) is 19.2. The van der Waals surface area contributed by atoms with E-state index in [0.717, 1.165) is 0 Å². The smallest absolute Gasteiger partial charge is 0.260 e. The van der Waals surface area contributed by atoms with Crippen LogP contribution in [-0.4, -0.2) is 66.1 Å². The molecule has 0 atom stereocenters. The van der Waals surface area contributed by atoms with Crippen molar-refractivity contribution in [3.05, 3.63) is 41.9 Å². The van der Waals surface area contributed by atoms with Crippen LogP contribution in [0.4, 0.5) is 10.2 Å². The Morgan fingerprint density at radius 3 is 2.67 bits per heavy atom. The molecule has 1 aromatic carbocycles. The van der Waals surface area contributed by atoms with E-state index in [1.54, 1.807) is 30.0 Å². The van der Waals surface area contributed by atoms with Gasteiger partial charge in [-0.3, -0.25) is 14.5 Å². The van der Waals surface area contributed by atoms with Crippen LogP contribution in [0.2, 0.25) is 0 Å². The molecule has 8 nitrogen and oxygen atoms in total. The van der Waals surface area contributed by atoms with Gasteiger partial charge in [0.15, 0.2) is 24.0 Å². The molecular weight excluding hydrogens is 355 g/mol. The molecule has 0 spiro atoms. The number of para-hydroxylation sites is 1. The summed E-state index contributed by atoms with van der Waals surface area (Å²) in [7, 11) is 0. The lowest BCUT2D eigenvalue weighted by Crippen LogP contribution is -2.51. The van der Waals surface area contributed by atoms with Crippen molar-refractivity contribution >= 4 is 17.6 Å². The molecule has 2 heterocycles. The number of piperazine rings is 1. The zero-order valence-electron chi connectivity index (χ0n) is 15.0. The molecule has 27 heavy (non-hydrogen) atoms. The Hall–Kier alpha value is -2.94. The van der Waals surface area contributed by atoms with E-state index < -0.39 is 5.82 Å². The van der Waals surface area contributed by atoms with E-state index >= 15 is 0 Å².